The van der Waals surface area contributed by atoms with Crippen LogP contribution >= 0.6 is 0 Å². The Bertz CT molecular complexity index is 359. The third kappa shape index (κ3) is 3.78. The number of nitrogens with zero attached hydrogens (tertiary/aromatic N) is 2. The molecule has 0 unspecified atom stereocenters. The molecule has 2 rings (SSSR count). The lowest BCUT2D eigenvalue weighted by Crippen LogP contribution is -2.43. The minimum absolute atomic E-state index is 0.137. The molecule has 0 saturated heterocycles. The van der Waals surface area contributed by atoms with Crippen LogP contribution in [0.2, 0.25) is 0 Å². The molecule has 0 aliphatic heterocycles. The summed E-state index contributed by atoms with van der Waals surface area (Å²) in [6.45, 7) is 3.34. The van der Waals surface area contributed by atoms with Crippen molar-refractivity contribution in [2.45, 2.75) is 57.4 Å². The Morgan fingerprint density at radius 3 is 2.83 bits per heavy atom. The number of hydrogen-bond donors (Lipinski definition) is 1. The molecule has 1 fully saturated rings. The van der Waals surface area contributed by atoms with Crippen molar-refractivity contribution in [3.05, 3.63) is 11.7 Å². The van der Waals surface area contributed by atoms with Crippen LogP contribution in [0.3, 0.4) is 0 Å². The van der Waals surface area contributed by atoms with Crippen LogP contribution in [0.15, 0.2) is 4.52 Å². The Kier molecular flexibility index (Phi) is 4.72. The van der Waals surface area contributed by atoms with E-state index in [1.807, 2.05) is 6.92 Å². The van der Waals surface area contributed by atoms with Crippen LogP contribution in [0.1, 0.15) is 50.7 Å². The molecule has 0 spiro atoms. The van der Waals surface area contributed by atoms with Crippen LogP contribution in [0.5, 0.6) is 0 Å². The van der Waals surface area contributed by atoms with E-state index in [0.717, 1.165) is 25.3 Å². The quantitative estimate of drug-likeness (QED) is 0.783. The van der Waals surface area contributed by atoms with E-state index < -0.39 is 0 Å². The Morgan fingerprint density at radius 2 is 2.11 bits per heavy atom. The first-order valence-electron chi connectivity index (χ1n) is 6.90. The van der Waals surface area contributed by atoms with Crippen molar-refractivity contribution in [1.29, 1.82) is 0 Å². The maximum atomic E-state index is 6.37. The number of aromatic nitrogens is 2. The summed E-state index contributed by atoms with van der Waals surface area (Å²) in [5.74, 6) is 1.39. The smallest absolute Gasteiger partial charge is 0.228 e. The molecule has 1 aromatic heterocycles. The van der Waals surface area contributed by atoms with E-state index in [1.165, 1.54) is 19.3 Å². The molecule has 0 radical (unpaired) electrons. The predicted molar refractivity (Wildman–Crippen MR) is 68.2 cm³/mol. The molecule has 102 valence electrons. The number of rotatable bonds is 6. The first kappa shape index (κ1) is 13.5. The lowest BCUT2D eigenvalue weighted by Gasteiger charge is -2.31. The summed E-state index contributed by atoms with van der Waals surface area (Å²) < 4.78 is 10.5. The number of ether oxygens (including phenoxy) is 1. The molecule has 1 saturated carbocycles. The fraction of sp³-hybridized carbons (Fsp3) is 0.846. The standard InChI is InChI=1S/C13H23N3O2/c1-2-17-9-6-11-15-12(18-16-11)10-13(14)7-4-3-5-8-13/h2-10,14H2,1H3. The molecule has 5 heteroatoms. The highest BCUT2D eigenvalue weighted by Gasteiger charge is 2.29. The Morgan fingerprint density at radius 1 is 1.33 bits per heavy atom. The summed E-state index contributed by atoms with van der Waals surface area (Å²) in [6, 6.07) is 0. The van der Waals surface area contributed by atoms with Gasteiger partial charge in [-0.3, -0.25) is 0 Å². The van der Waals surface area contributed by atoms with Crippen LogP contribution in [0.25, 0.3) is 0 Å². The Labute approximate surface area is 108 Å². The van der Waals surface area contributed by atoms with Crippen LogP contribution in [0, 0.1) is 0 Å². The summed E-state index contributed by atoms with van der Waals surface area (Å²) >= 11 is 0. The molecule has 5 nitrogen and oxygen atoms in total. The zero-order valence-electron chi connectivity index (χ0n) is 11.2. The third-order valence-electron chi connectivity index (χ3n) is 3.54. The van der Waals surface area contributed by atoms with Gasteiger partial charge in [0.05, 0.1) is 6.61 Å². The monoisotopic (exact) mass is 253 g/mol. The summed E-state index contributed by atoms with van der Waals surface area (Å²) in [7, 11) is 0. The fourth-order valence-electron chi connectivity index (χ4n) is 2.51. The molecular formula is C13H23N3O2. The molecular weight excluding hydrogens is 230 g/mol. The van der Waals surface area contributed by atoms with Crippen molar-refractivity contribution in [2.24, 2.45) is 5.73 Å². The topological polar surface area (TPSA) is 74.2 Å². The van der Waals surface area contributed by atoms with Crippen LogP contribution in [-0.4, -0.2) is 28.9 Å². The minimum Gasteiger partial charge on any atom is -0.381 e. The van der Waals surface area contributed by atoms with Gasteiger partial charge in [-0.25, -0.2) is 0 Å². The summed E-state index contributed by atoms with van der Waals surface area (Å²) in [5, 5.41) is 3.96. The number of hydrogen-bond acceptors (Lipinski definition) is 5. The van der Waals surface area contributed by atoms with Gasteiger partial charge in [-0.1, -0.05) is 24.4 Å². The first-order chi connectivity index (χ1) is 8.72. The average molecular weight is 253 g/mol. The van der Waals surface area contributed by atoms with E-state index in [9.17, 15) is 0 Å². The fourth-order valence-corrected chi connectivity index (χ4v) is 2.51. The highest BCUT2D eigenvalue weighted by molar-refractivity contribution is 4.97. The van der Waals surface area contributed by atoms with Crippen LogP contribution in [0.4, 0.5) is 0 Å². The lowest BCUT2D eigenvalue weighted by atomic mass is 9.80. The minimum atomic E-state index is -0.137. The van der Waals surface area contributed by atoms with Gasteiger partial charge in [-0.2, -0.15) is 4.98 Å². The summed E-state index contributed by atoms with van der Waals surface area (Å²) in [5.41, 5.74) is 6.23. The van der Waals surface area contributed by atoms with Crippen molar-refractivity contribution in [3.8, 4) is 0 Å². The maximum absolute atomic E-state index is 6.37. The van der Waals surface area contributed by atoms with E-state index in [-0.39, 0.29) is 5.54 Å². The van der Waals surface area contributed by atoms with Gasteiger partial charge in [0, 0.05) is 25.0 Å². The van der Waals surface area contributed by atoms with Crippen molar-refractivity contribution < 1.29 is 9.26 Å². The second-order valence-corrected chi connectivity index (χ2v) is 5.15. The Hall–Kier alpha value is -0.940. The van der Waals surface area contributed by atoms with Crippen molar-refractivity contribution in [1.82, 2.24) is 10.1 Å². The highest BCUT2D eigenvalue weighted by Crippen LogP contribution is 2.28. The molecule has 1 heterocycles. The van der Waals surface area contributed by atoms with Gasteiger partial charge in [0.25, 0.3) is 0 Å². The molecule has 1 aromatic rings. The first-order valence-corrected chi connectivity index (χ1v) is 6.90. The van der Waals surface area contributed by atoms with Crippen molar-refractivity contribution in [2.75, 3.05) is 13.2 Å². The summed E-state index contributed by atoms with van der Waals surface area (Å²) in [4.78, 5) is 4.38. The molecule has 1 aliphatic carbocycles. The molecule has 2 N–H and O–H groups in total. The zero-order valence-corrected chi connectivity index (χ0v) is 11.2. The highest BCUT2D eigenvalue weighted by atomic mass is 16.5. The molecule has 18 heavy (non-hydrogen) atoms. The maximum Gasteiger partial charge on any atom is 0.228 e. The largest absolute Gasteiger partial charge is 0.381 e. The van der Waals surface area contributed by atoms with E-state index in [2.05, 4.69) is 10.1 Å². The molecule has 0 amide bonds. The van der Waals surface area contributed by atoms with Gasteiger partial charge < -0.3 is 15.0 Å². The van der Waals surface area contributed by atoms with Crippen molar-refractivity contribution in [3.63, 3.8) is 0 Å². The SMILES string of the molecule is CCOCCc1noc(CC2(N)CCCCC2)n1. The van der Waals surface area contributed by atoms with Crippen LogP contribution < -0.4 is 5.73 Å². The second-order valence-electron chi connectivity index (χ2n) is 5.15. The molecule has 1 aliphatic rings. The predicted octanol–water partition coefficient (Wildman–Crippen LogP) is 1.85. The van der Waals surface area contributed by atoms with Crippen LogP contribution in [-0.2, 0) is 17.6 Å². The Balaban J connectivity index is 1.85. The average Bonchev–Trinajstić information content (AvgIpc) is 2.77. The van der Waals surface area contributed by atoms with E-state index in [4.69, 9.17) is 15.0 Å². The molecule has 0 bridgehead atoms. The second kappa shape index (κ2) is 6.29. The summed E-state index contributed by atoms with van der Waals surface area (Å²) in [6.07, 6.45) is 7.24. The third-order valence-corrected chi connectivity index (χ3v) is 3.54. The van der Waals surface area contributed by atoms with E-state index >= 15 is 0 Å². The van der Waals surface area contributed by atoms with Gasteiger partial charge in [-0.05, 0) is 19.8 Å². The molecule has 0 atom stereocenters. The van der Waals surface area contributed by atoms with Gasteiger partial charge in [0.2, 0.25) is 5.89 Å². The zero-order chi connectivity index (χ0) is 12.8. The normalized spacial score (nSPS) is 19.0. The van der Waals surface area contributed by atoms with Gasteiger partial charge >= 0.3 is 0 Å². The van der Waals surface area contributed by atoms with E-state index in [0.29, 0.717) is 25.3 Å². The van der Waals surface area contributed by atoms with Crippen molar-refractivity contribution >= 4 is 0 Å². The molecule has 0 aromatic carbocycles. The van der Waals surface area contributed by atoms with Gasteiger partial charge in [0.1, 0.15) is 0 Å². The van der Waals surface area contributed by atoms with E-state index in [1.54, 1.807) is 0 Å². The van der Waals surface area contributed by atoms with Gasteiger partial charge in [-0.15, -0.1) is 0 Å². The lowest BCUT2D eigenvalue weighted by molar-refractivity contribution is 0.149. The number of nitrogens with two attached hydrogens (primary N) is 1. The van der Waals surface area contributed by atoms with Gasteiger partial charge in [0.15, 0.2) is 5.82 Å².